The number of aromatic nitrogens is 1. The molecule has 5 heteroatoms. The van der Waals surface area contributed by atoms with E-state index in [0.29, 0.717) is 6.42 Å². The molecule has 0 saturated heterocycles. The van der Waals surface area contributed by atoms with E-state index in [9.17, 15) is 9.59 Å². The maximum atomic E-state index is 11.8. The maximum Gasteiger partial charge on any atom is 0.337 e. The van der Waals surface area contributed by atoms with Gasteiger partial charge in [-0.25, -0.2) is 4.79 Å². The van der Waals surface area contributed by atoms with Crippen molar-refractivity contribution in [1.82, 2.24) is 4.98 Å². The SMILES string of the molecule is O=C(CC1C=CCC1)Nc1cnccc1C(=O)O. The molecule has 0 aromatic carbocycles. The number of hydrogen-bond donors (Lipinski definition) is 2. The van der Waals surface area contributed by atoms with Gasteiger partial charge in [-0.2, -0.15) is 0 Å². The molecule has 1 atom stereocenters. The van der Waals surface area contributed by atoms with Crippen molar-refractivity contribution < 1.29 is 14.7 Å². The summed E-state index contributed by atoms with van der Waals surface area (Å²) in [4.78, 5) is 26.6. The van der Waals surface area contributed by atoms with Crippen LogP contribution in [0.15, 0.2) is 30.6 Å². The molecule has 2 N–H and O–H groups in total. The summed E-state index contributed by atoms with van der Waals surface area (Å²) in [6.07, 6.45) is 9.19. The van der Waals surface area contributed by atoms with Crippen LogP contribution in [0.3, 0.4) is 0 Å². The second kappa shape index (κ2) is 5.44. The number of nitrogens with zero attached hydrogens (tertiary/aromatic N) is 1. The van der Waals surface area contributed by atoms with Crippen LogP contribution in [0.25, 0.3) is 0 Å². The summed E-state index contributed by atoms with van der Waals surface area (Å²) in [5.74, 6) is -0.995. The van der Waals surface area contributed by atoms with Gasteiger partial charge < -0.3 is 10.4 Å². The van der Waals surface area contributed by atoms with Crippen molar-refractivity contribution in [3.05, 3.63) is 36.2 Å². The Kier molecular flexibility index (Phi) is 3.72. The van der Waals surface area contributed by atoms with Crippen molar-refractivity contribution in [2.24, 2.45) is 5.92 Å². The van der Waals surface area contributed by atoms with E-state index in [0.717, 1.165) is 12.8 Å². The second-order valence-electron chi connectivity index (χ2n) is 4.24. The average molecular weight is 246 g/mol. The van der Waals surface area contributed by atoms with Gasteiger partial charge in [-0.05, 0) is 24.8 Å². The predicted molar refractivity (Wildman–Crippen MR) is 66.3 cm³/mol. The van der Waals surface area contributed by atoms with Gasteiger partial charge in [0, 0.05) is 12.6 Å². The molecule has 0 aliphatic heterocycles. The fourth-order valence-corrected chi connectivity index (χ4v) is 1.99. The van der Waals surface area contributed by atoms with E-state index in [2.05, 4.69) is 16.4 Å². The highest BCUT2D eigenvalue weighted by Gasteiger charge is 2.16. The van der Waals surface area contributed by atoms with Gasteiger partial charge in [0.25, 0.3) is 0 Å². The Morgan fingerprint density at radius 3 is 3.00 bits per heavy atom. The largest absolute Gasteiger partial charge is 0.478 e. The number of anilines is 1. The molecule has 0 radical (unpaired) electrons. The minimum absolute atomic E-state index is 0.0558. The Balaban J connectivity index is 2.02. The van der Waals surface area contributed by atoms with Crippen molar-refractivity contribution >= 4 is 17.6 Å². The summed E-state index contributed by atoms with van der Waals surface area (Å²) in [6, 6.07) is 1.37. The predicted octanol–water partition coefficient (Wildman–Crippen LogP) is 2.07. The van der Waals surface area contributed by atoms with E-state index >= 15 is 0 Å². The molecule has 0 saturated carbocycles. The average Bonchev–Trinajstić information content (AvgIpc) is 2.82. The standard InChI is InChI=1S/C13H14N2O3/c16-12(7-9-3-1-2-4-9)15-11-8-14-6-5-10(11)13(17)18/h1,3,5-6,8-9H,2,4,7H2,(H,15,16)(H,17,18). The molecule has 2 rings (SSSR count). The monoisotopic (exact) mass is 246 g/mol. The smallest absolute Gasteiger partial charge is 0.337 e. The first-order chi connectivity index (χ1) is 8.66. The molecule has 5 nitrogen and oxygen atoms in total. The Morgan fingerprint density at radius 1 is 1.50 bits per heavy atom. The first-order valence-electron chi connectivity index (χ1n) is 5.80. The van der Waals surface area contributed by atoms with Crippen molar-refractivity contribution in [1.29, 1.82) is 0 Å². The number of allylic oxidation sites excluding steroid dienone is 2. The molecule has 1 aromatic rings. The van der Waals surface area contributed by atoms with Crippen LogP contribution in [0, 0.1) is 5.92 Å². The number of amides is 1. The minimum Gasteiger partial charge on any atom is -0.478 e. The Morgan fingerprint density at radius 2 is 2.33 bits per heavy atom. The van der Waals surface area contributed by atoms with Gasteiger partial charge in [0.05, 0.1) is 17.4 Å². The normalized spacial score (nSPS) is 17.7. The molecule has 1 aliphatic rings. The molecule has 1 heterocycles. The first kappa shape index (κ1) is 12.3. The minimum atomic E-state index is -1.08. The lowest BCUT2D eigenvalue weighted by Gasteiger charge is -2.10. The van der Waals surface area contributed by atoms with Crippen LogP contribution in [0.2, 0.25) is 0 Å². The first-order valence-corrected chi connectivity index (χ1v) is 5.80. The molecule has 94 valence electrons. The number of aromatic carboxylic acids is 1. The topological polar surface area (TPSA) is 79.3 Å². The van der Waals surface area contributed by atoms with Gasteiger partial charge in [-0.1, -0.05) is 12.2 Å². The van der Waals surface area contributed by atoms with Gasteiger partial charge in [-0.3, -0.25) is 9.78 Å². The lowest BCUT2D eigenvalue weighted by atomic mass is 10.0. The molecule has 0 bridgehead atoms. The number of hydrogen-bond acceptors (Lipinski definition) is 3. The zero-order valence-corrected chi connectivity index (χ0v) is 9.80. The van der Waals surface area contributed by atoms with E-state index < -0.39 is 5.97 Å². The van der Waals surface area contributed by atoms with Crippen LogP contribution in [0.4, 0.5) is 5.69 Å². The van der Waals surface area contributed by atoms with Gasteiger partial charge in [0.2, 0.25) is 5.91 Å². The highest BCUT2D eigenvalue weighted by molar-refractivity contribution is 6.00. The van der Waals surface area contributed by atoms with Crippen LogP contribution in [-0.2, 0) is 4.79 Å². The fraction of sp³-hybridized carbons (Fsp3) is 0.308. The summed E-state index contributed by atoms with van der Waals surface area (Å²) in [7, 11) is 0. The lowest BCUT2D eigenvalue weighted by molar-refractivity contribution is -0.116. The third kappa shape index (κ3) is 2.94. The highest BCUT2D eigenvalue weighted by atomic mass is 16.4. The van der Waals surface area contributed by atoms with Crippen LogP contribution in [0.1, 0.15) is 29.6 Å². The van der Waals surface area contributed by atoms with Crippen molar-refractivity contribution in [3.63, 3.8) is 0 Å². The Hall–Kier alpha value is -2.17. The molecule has 0 fully saturated rings. The lowest BCUT2D eigenvalue weighted by Crippen LogP contribution is -2.17. The molecular weight excluding hydrogens is 232 g/mol. The summed E-state index contributed by atoms with van der Waals surface area (Å²) >= 11 is 0. The number of carboxylic acid groups (broad SMARTS) is 1. The molecular formula is C13H14N2O3. The van der Waals surface area contributed by atoms with E-state index in [4.69, 9.17) is 5.11 Å². The zero-order valence-electron chi connectivity index (χ0n) is 9.80. The van der Waals surface area contributed by atoms with Gasteiger partial charge in [-0.15, -0.1) is 0 Å². The summed E-state index contributed by atoms with van der Waals surface area (Å²) < 4.78 is 0. The number of carbonyl (C=O) groups excluding carboxylic acids is 1. The third-order valence-electron chi connectivity index (χ3n) is 2.89. The van der Waals surface area contributed by atoms with Crippen LogP contribution in [0.5, 0.6) is 0 Å². The number of nitrogens with one attached hydrogen (secondary N) is 1. The molecule has 1 aliphatic carbocycles. The van der Waals surface area contributed by atoms with Crippen molar-refractivity contribution in [2.75, 3.05) is 5.32 Å². The molecule has 1 unspecified atom stereocenters. The van der Waals surface area contributed by atoms with Crippen LogP contribution in [-0.4, -0.2) is 22.0 Å². The number of pyridine rings is 1. The number of carbonyl (C=O) groups is 2. The van der Waals surface area contributed by atoms with Gasteiger partial charge in [0.1, 0.15) is 0 Å². The molecule has 0 spiro atoms. The van der Waals surface area contributed by atoms with Crippen molar-refractivity contribution in [3.8, 4) is 0 Å². The van der Waals surface area contributed by atoms with E-state index in [1.165, 1.54) is 18.5 Å². The maximum absolute atomic E-state index is 11.8. The summed E-state index contributed by atoms with van der Waals surface area (Å²) in [6.45, 7) is 0. The Labute approximate surface area is 105 Å². The Bertz CT molecular complexity index is 497. The second-order valence-corrected chi connectivity index (χ2v) is 4.24. The fourth-order valence-electron chi connectivity index (χ4n) is 1.99. The highest BCUT2D eigenvalue weighted by Crippen LogP contribution is 2.21. The quantitative estimate of drug-likeness (QED) is 0.797. The van der Waals surface area contributed by atoms with Gasteiger partial charge >= 0.3 is 5.97 Å². The molecule has 1 aromatic heterocycles. The molecule has 1 amide bonds. The molecule has 18 heavy (non-hydrogen) atoms. The zero-order chi connectivity index (χ0) is 13.0. The summed E-state index contributed by atoms with van der Waals surface area (Å²) in [5, 5.41) is 11.6. The van der Waals surface area contributed by atoms with Crippen LogP contribution >= 0.6 is 0 Å². The van der Waals surface area contributed by atoms with E-state index in [1.807, 2.05) is 6.08 Å². The van der Waals surface area contributed by atoms with Gasteiger partial charge in [0.15, 0.2) is 0 Å². The van der Waals surface area contributed by atoms with Crippen molar-refractivity contribution in [2.45, 2.75) is 19.3 Å². The number of rotatable bonds is 4. The van der Waals surface area contributed by atoms with E-state index in [-0.39, 0.29) is 23.1 Å². The number of carboxylic acids is 1. The van der Waals surface area contributed by atoms with Crippen LogP contribution < -0.4 is 5.32 Å². The third-order valence-corrected chi connectivity index (χ3v) is 2.89. The summed E-state index contributed by atoms with van der Waals surface area (Å²) in [5.41, 5.74) is 0.303. The van der Waals surface area contributed by atoms with E-state index in [1.54, 1.807) is 0 Å².